The van der Waals surface area contributed by atoms with E-state index in [0.717, 1.165) is 5.56 Å². The fraction of sp³-hybridized carbons (Fsp3) is 0.263. The molecule has 0 bridgehead atoms. The van der Waals surface area contributed by atoms with Crippen molar-refractivity contribution in [2.45, 2.75) is 19.0 Å². The monoisotopic (exact) mass is 334 g/mol. The van der Waals surface area contributed by atoms with E-state index in [1.165, 1.54) is 0 Å². The Labute approximate surface area is 145 Å². The summed E-state index contributed by atoms with van der Waals surface area (Å²) in [5, 5.41) is 8.18. The van der Waals surface area contributed by atoms with Gasteiger partial charge >= 0.3 is 0 Å². The summed E-state index contributed by atoms with van der Waals surface area (Å²) in [6.45, 7) is 2.93. The maximum Gasteiger partial charge on any atom is 0.294 e. The molecule has 0 radical (unpaired) electrons. The molecule has 6 heteroatoms. The maximum absolute atomic E-state index is 13.1. The van der Waals surface area contributed by atoms with E-state index in [4.69, 9.17) is 4.74 Å². The highest BCUT2D eigenvalue weighted by atomic mass is 16.5. The van der Waals surface area contributed by atoms with Crippen molar-refractivity contribution in [2.75, 3.05) is 13.2 Å². The fourth-order valence-electron chi connectivity index (χ4n) is 3.18. The van der Waals surface area contributed by atoms with Gasteiger partial charge in [0.25, 0.3) is 5.91 Å². The van der Waals surface area contributed by atoms with Gasteiger partial charge in [0.1, 0.15) is 5.52 Å². The minimum Gasteiger partial charge on any atom is -0.377 e. The average Bonchev–Trinajstić information content (AvgIpc) is 2.67. The Morgan fingerprint density at radius 3 is 2.52 bits per heavy atom. The highest BCUT2D eigenvalue weighted by Gasteiger charge is 2.35. The smallest absolute Gasteiger partial charge is 0.294 e. The molecule has 0 spiro atoms. The lowest BCUT2D eigenvalue weighted by molar-refractivity contribution is -0.0321. The highest BCUT2D eigenvalue weighted by molar-refractivity contribution is 5.92. The summed E-state index contributed by atoms with van der Waals surface area (Å²) >= 11 is 0. The van der Waals surface area contributed by atoms with E-state index in [0.29, 0.717) is 24.2 Å². The van der Waals surface area contributed by atoms with Gasteiger partial charge in [0, 0.05) is 0 Å². The normalized spacial score (nSPS) is 20.6. The molecule has 126 valence electrons. The Morgan fingerprint density at radius 2 is 1.72 bits per heavy atom. The Bertz CT molecular complexity index is 900. The summed E-state index contributed by atoms with van der Waals surface area (Å²) in [4.78, 5) is 19.4. The molecule has 0 unspecified atom stereocenters. The predicted molar refractivity (Wildman–Crippen MR) is 93.0 cm³/mol. The summed E-state index contributed by atoms with van der Waals surface area (Å²) in [7, 11) is 0. The number of nitrogens with zero attached hydrogens (tertiary/aromatic N) is 4. The van der Waals surface area contributed by atoms with E-state index in [-0.39, 0.29) is 23.8 Å². The van der Waals surface area contributed by atoms with E-state index in [2.05, 4.69) is 15.2 Å². The number of aromatic nitrogens is 3. The molecule has 0 aliphatic carbocycles. The van der Waals surface area contributed by atoms with E-state index in [9.17, 15) is 4.79 Å². The third-order valence-corrected chi connectivity index (χ3v) is 4.42. The zero-order chi connectivity index (χ0) is 17.2. The van der Waals surface area contributed by atoms with Crippen LogP contribution in [0.15, 0.2) is 54.6 Å². The summed E-state index contributed by atoms with van der Waals surface area (Å²) in [5.74, 6) is -0.101. The van der Waals surface area contributed by atoms with Crippen molar-refractivity contribution in [3.8, 4) is 0 Å². The van der Waals surface area contributed by atoms with Crippen LogP contribution in [0.5, 0.6) is 0 Å². The van der Waals surface area contributed by atoms with Gasteiger partial charge in [0.05, 0.1) is 30.8 Å². The molecule has 4 rings (SSSR count). The lowest BCUT2D eigenvalue weighted by Gasteiger charge is -2.40. The van der Waals surface area contributed by atoms with Gasteiger partial charge in [0.2, 0.25) is 5.82 Å². The van der Waals surface area contributed by atoms with Crippen molar-refractivity contribution in [3.05, 3.63) is 66.0 Å². The van der Waals surface area contributed by atoms with Crippen molar-refractivity contribution >= 4 is 16.9 Å². The molecule has 1 fully saturated rings. The number of hydrogen-bond donors (Lipinski definition) is 0. The zero-order valence-electron chi connectivity index (χ0n) is 13.9. The van der Waals surface area contributed by atoms with Crippen LogP contribution < -0.4 is 0 Å². The molecule has 0 saturated carbocycles. The summed E-state index contributed by atoms with van der Waals surface area (Å²) in [5.41, 5.74) is 2.38. The second kappa shape index (κ2) is 6.57. The average molecular weight is 334 g/mol. The van der Waals surface area contributed by atoms with Gasteiger partial charge in [-0.1, -0.05) is 42.5 Å². The van der Waals surface area contributed by atoms with Crippen LogP contribution in [-0.2, 0) is 4.74 Å². The molecule has 1 saturated heterocycles. The molecular weight excluding hydrogens is 316 g/mol. The third-order valence-electron chi connectivity index (χ3n) is 4.42. The van der Waals surface area contributed by atoms with Gasteiger partial charge in [-0.25, -0.2) is 4.98 Å². The van der Waals surface area contributed by atoms with E-state index >= 15 is 0 Å². The predicted octanol–water partition coefficient (Wildman–Crippen LogP) is 2.63. The van der Waals surface area contributed by atoms with Gasteiger partial charge in [-0.2, -0.15) is 0 Å². The summed E-state index contributed by atoms with van der Waals surface area (Å²) < 4.78 is 5.68. The molecule has 25 heavy (non-hydrogen) atoms. The molecule has 1 amide bonds. The lowest BCUT2D eigenvalue weighted by Crippen LogP contribution is -2.49. The second-order valence-corrected chi connectivity index (χ2v) is 6.15. The van der Waals surface area contributed by atoms with E-state index in [1.807, 2.05) is 66.4 Å². The number of carbonyl (C=O) groups is 1. The minimum absolute atomic E-state index is 0.0680. The van der Waals surface area contributed by atoms with Gasteiger partial charge in [-0.05, 0) is 24.6 Å². The number of hydrogen-bond acceptors (Lipinski definition) is 5. The maximum atomic E-state index is 13.1. The van der Waals surface area contributed by atoms with Crippen molar-refractivity contribution < 1.29 is 9.53 Å². The summed E-state index contributed by atoms with van der Waals surface area (Å²) in [6.07, 6.45) is 0. The molecule has 3 aromatic rings. The Hall–Kier alpha value is -2.86. The number of ether oxygens (including phenoxy) is 1. The number of morpholine rings is 1. The number of fused-ring (bicyclic) bond motifs is 1. The van der Waals surface area contributed by atoms with E-state index in [1.54, 1.807) is 0 Å². The first kappa shape index (κ1) is 15.7. The van der Waals surface area contributed by atoms with Crippen LogP contribution in [0, 0.1) is 0 Å². The number of benzene rings is 2. The number of carbonyl (C=O) groups excluding carboxylic acids is 1. The van der Waals surface area contributed by atoms with Crippen molar-refractivity contribution in [1.29, 1.82) is 0 Å². The van der Waals surface area contributed by atoms with Crippen LogP contribution in [0.25, 0.3) is 11.0 Å². The molecule has 2 heterocycles. The molecular formula is C19H18N4O2. The van der Waals surface area contributed by atoms with Gasteiger partial charge in [-0.3, -0.25) is 4.79 Å². The minimum atomic E-state index is -0.220. The number of rotatable bonds is 2. The van der Waals surface area contributed by atoms with Crippen LogP contribution in [0.3, 0.4) is 0 Å². The van der Waals surface area contributed by atoms with Crippen LogP contribution >= 0.6 is 0 Å². The first-order chi connectivity index (χ1) is 12.2. The number of amides is 1. The topological polar surface area (TPSA) is 68.2 Å². The first-order valence-corrected chi connectivity index (χ1v) is 8.29. The molecule has 0 N–H and O–H groups in total. The van der Waals surface area contributed by atoms with Gasteiger partial charge in [0.15, 0.2) is 0 Å². The number of para-hydroxylation sites is 1. The van der Waals surface area contributed by atoms with Crippen LogP contribution in [0.1, 0.15) is 29.1 Å². The molecule has 1 aliphatic rings. The van der Waals surface area contributed by atoms with Crippen LogP contribution in [0.2, 0.25) is 0 Å². The quantitative estimate of drug-likeness (QED) is 0.721. The Kier molecular flexibility index (Phi) is 4.11. The standard InChI is InChI=1S/C19H18N4O2/c1-13-11-25-12-17(14-7-3-2-4-8-14)23(13)19(24)18-20-15-9-5-6-10-16(15)21-22-18/h2-10,13,17H,11-12H2,1H3/t13-,17-/m1/s1. The molecule has 6 nitrogen and oxygen atoms in total. The molecule has 2 atom stereocenters. The third kappa shape index (κ3) is 2.96. The zero-order valence-corrected chi connectivity index (χ0v) is 13.9. The largest absolute Gasteiger partial charge is 0.377 e. The molecule has 1 aliphatic heterocycles. The second-order valence-electron chi connectivity index (χ2n) is 6.15. The Balaban J connectivity index is 1.71. The van der Waals surface area contributed by atoms with Gasteiger partial charge < -0.3 is 9.64 Å². The SMILES string of the molecule is C[C@@H]1COC[C@H](c2ccccc2)N1C(=O)c1nnc2ccccc2n1. The van der Waals surface area contributed by atoms with Crippen molar-refractivity contribution in [2.24, 2.45) is 0 Å². The lowest BCUT2D eigenvalue weighted by atomic mass is 10.0. The fourth-order valence-corrected chi connectivity index (χ4v) is 3.18. The summed E-state index contributed by atoms with van der Waals surface area (Å²) in [6, 6.07) is 17.1. The van der Waals surface area contributed by atoms with Crippen LogP contribution in [-0.4, -0.2) is 45.2 Å². The van der Waals surface area contributed by atoms with Gasteiger partial charge in [-0.15, -0.1) is 10.2 Å². The molecule has 1 aromatic heterocycles. The van der Waals surface area contributed by atoms with Crippen molar-refractivity contribution in [1.82, 2.24) is 20.1 Å². The van der Waals surface area contributed by atoms with Crippen molar-refractivity contribution in [3.63, 3.8) is 0 Å². The highest BCUT2D eigenvalue weighted by Crippen LogP contribution is 2.28. The van der Waals surface area contributed by atoms with Crippen LogP contribution in [0.4, 0.5) is 0 Å². The van der Waals surface area contributed by atoms with E-state index < -0.39 is 0 Å². The Morgan fingerprint density at radius 1 is 1.00 bits per heavy atom. The molecule has 2 aromatic carbocycles. The first-order valence-electron chi connectivity index (χ1n) is 8.29.